The predicted molar refractivity (Wildman–Crippen MR) is 77.2 cm³/mol. The molecule has 2 N–H and O–H groups in total. The van der Waals surface area contributed by atoms with Gasteiger partial charge in [0.25, 0.3) is 0 Å². The summed E-state index contributed by atoms with van der Waals surface area (Å²) in [5.74, 6) is 0.244. The molecule has 3 nitrogen and oxygen atoms in total. The number of methoxy groups -OCH3 is 1. The summed E-state index contributed by atoms with van der Waals surface area (Å²) in [6, 6.07) is 9.76. The molecular weight excluding hydrogens is 319 g/mol. The Balaban J connectivity index is 2.26. The second kappa shape index (κ2) is 6.46. The highest BCUT2D eigenvalue weighted by atomic mass is 35.5. The first-order valence-electron chi connectivity index (χ1n) is 6.25. The first kappa shape index (κ1) is 16.5. The Hall–Kier alpha value is -1.92. The van der Waals surface area contributed by atoms with E-state index in [-0.39, 0.29) is 5.75 Å². The van der Waals surface area contributed by atoms with Gasteiger partial charge in [-0.15, -0.1) is 13.2 Å². The molecule has 0 heterocycles. The van der Waals surface area contributed by atoms with E-state index >= 15 is 0 Å². The summed E-state index contributed by atoms with van der Waals surface area (Å²) in [7, 11) is 1.50. The highest BCUT2D eigenvalue weighted by molar-refractivity contribution is 6.30. The maximum Gasteiger partial charge on any atom is 0.573 e. The summed E-state index contributed by atoms with van der Waals surface area (Å²) < 4.78 is 45.4. The molecule has 0 amide bonds. The minimum Gasteiger partial charge on any atom is -0.496 e. The van der Waals surface area contributed by atoms with Gasteiger partial charge in [0.15, 0.2) is 0 Å². The minimum absolute atomic E-state index is 0.304. The molecule has 118 valence electrons. The van der Waals surface area contributed by atoms with Crippen molar-refractivity contribution in [1.82, 2.24) is 0 Å². The van der Waals surface area contributed by atoms with Gasteiger partial charge in [-0.25, -0.2) is 0 Å². The summed E-state index contributed by atoms with van der Waals surface area (Å²) in [6.07, 6.45) is -4.72. The number of halogens is 4. The van der Waals surface area contributed by atoms with E-state index in [0.29, 0.717) is 21.9 Å². The van der Waals surface area contributed by atoms with Crippen LogP contribution < -0.4 is 15.2 Å². The molecule has 0 aromatic heterocycles. The smallest absolute Gasteiger partial charge is 0.496 e. The molecule has 0 unspecified atom stereocenters. The first-order chi connectivity index (χ1) is 10.3. The fraction of sp³-hybridized carbons (Fsp3) is 0.200. The zero-order valence-electron chi connectivity index (χ0n) is 11.5. The van der Waals surface area contributed by atoms with Crippen molar-refractivity contribution in [3.8, 4) is 11.5 Å². The van der Waals surface area contributed by atoms with Crippen molar-refractivity contribution in [2.45, 2.75) is 12.4 Å². The van der Waals surface area contributed by atoms with E-state index in [1.165, 1.54) is 31.4 Å². The van der Waals surface area contributed by atoms with Crippen LogP contribution in [0, 0.1) is 0 Å². The van der Waals surface area contributed by atoms with Crippen LogP contribution >= 0.6 is 11.6 Å². The van der Waals surface area contributed by atoms with Crippen LogP contribution in [0.5, 0.6) is 11.5 Å². The zero-order valence-corrected chi connectivity index (χ0v) is 12.3. The number of rotatable bonds is 4. The van der Waals surface area contributed by atoms with E-state index in [9.17, 15) is 13.2 Å². The Morgan fingerprint density at radius 3 is 2.27 bits per heavy atom. The number of hydrogen-bond donors (Lipinski definition) is 1. The summed E-state index contributed by atoms with van der Waals surface area (Å²) in [5.41, 5.74) is 7.38. The van der Waals surface area contributed by atoms with Crippen molar-refractivity contribution in [1.29, 1.82) is 0 Å². The van der Waals surface area contributed by atoms with Crippen molar-refractivity contribution in [3.05, 3.63) is 58.6 Å². The van der Waals surface area contributed by atoms with Gasteiger partial charge in [0.1, 0.15) is 11.5 Å². The number of benzene rings is 2. The lowest BCUT2D eigenvalue weighted by atomic mass is 9.98. The van der Waals surface area contributed by atoms with Crippen LogP contribution in [0.1, 0.15) is 17.2 Å². The van der Waals surface area contributed by atoms with E-state index in [0.717, 1.165) is 0 Å². The highest BCUT2D eigenvalue weighted by Gasteiger charge is 2.31. The molecule has 0 fully saturated rings. The van der Waals surface area contributed by atoms with E-state index < -0.39 is 12.4 Å². The summed E-state index contributed by atoms with van der Waals surface area (Å²) in [6.45, 7) is 0. The molecule has 0 saturated carbocycles. The lowest BCUT2D eigenvalue weighted by Crippen LogP contribution is -2.17. The molecule has 2 aromatic rings. The lowest BCUT2D eigenvalue weighted by Gasteiger charge is -2.17. The quantitative estimate of drug-likeness (QED) is 0.908. The maximum atomic E-state index is 12.1. The van der Waals surface area contributed by atoms with Gasteiger partial charge in [0, 0.05) is 10.6 Å². The average molecular weight is 332 g/mol. The lowest BCUT2D eigenvalue weighted by molar-refractivity contribution is -0.274. The first-order valence-corrected chi connectivity index (χ1v) is 6.62. The van der Waals surface area contributed by atoms with Crippen molar-refractivity contribution in [3.63, 3.8) is 0 Å². The van der Waals surface area contributed by atoms with E-state index in [2.05, 4.69) is 4.74 Å². The number of alkyl halides is 3. The predicted octanol–water partition coefficient (Wildman–Crippen LogP) is 4.30. The van der Waals surface area contributed by atoms with Gasteiger partial charge in [-0.05, 0) is 35.9 Å². The molecule has 2 rings (SSSR count). The van der Waals surface area contributed by atoms with E-state index in [1.54, 1.807) is 18.2 Å². The third-order valence-corrected chi connectivity index (χ3v) is 3.23. The fourth-order valence-corrected chi connectivity index (χ4v) is 2.19. The van der Waals surface area contributed by atoms with Gasteiger partial charge in [-0.1, -0.05) is 23.7 Å². The molecule has 0 bridgehead atoms. The monoisotopic (exact) mass is 331 g/mol. The molecule has 0 aliphatic heterocycles. The summed E-state index contributed by atoms with van der Waals surface area (Å²) >= 11 is 5.95. The molecule has 0 aliphatic carbocycles. The van der Waals surface area contributed by atoms with Gasteiger partial charge in [-0.2, -0.15) is 0 Å². The molecule has 1 atom stereocenters. The largest absolute Gasteiger partial charge is 0.573 e. The van der Waals surface area contributed by atoms with Crippen molar-refractivity contribution < 1.29 is 22.6 Å². The Morgan fingerprint density at radius 1 is 1.09 bits per heavy atom. The summed E-state index contributed by atoms with van der Waals surface area (Å²) in [5, 5.41) is 0.489. The number of hydrogen-bond acceptors (Lipinski definition) is 3. The van der Waals surface area contributed by atoms with Gasteiger partial charge < -0.3 is 15.2 Å². The fourth-order valence-electron chi connectivity index (χ4n) is 2.00. The van der Waals surface area contributed by atoms with E-state index in [4.69, 9.17) is 22.1 Å². The zero-order chi connectivity index (χ0) is 16.3. The van der Waals surface area contributed by atoms with Crippen LogP contribution in [-0.4, -0.2) is 13.5 Å². The number of ether oxygens (including phenoxy) is 2. The van der Waals surface area contributed by atoms with E-state index in [1.807, 2.05) is 0 Å². The average Bonchev–Trinajstić information content (AvgIpc) is 2.45. The Bertz CT molecular complexity index is 644. The van der Waals surface area contributed by atoms with Crippen molar-refractivity contribution >= 4 is 11.6 Å². The summed E-state index contributed by atoms with van der Waals surface area (Å²) in [4.78, 5) is 0. The van der Waals surface area contributed by atoms with Crippen molar-refractivity contribution in [2.75, 3.05) is 7.11 Å². The molecule has 0 radical (unpaired) electrons. The molecule has 2 aromatic carbocycles. The second-order valence-corrected chi connectivity index (χ2v) is 4.92. The number of nitrogens with two attached hydrogens (primary N) is 1. The molecular formula is C15H13ClF3NO2. The minimum atomic E-state index is -4.72. The molecule has 0 saturated heterocycles. The third-order valence-electron chi connectivity index (χ3n) is 3.00. The molecule has 22 heavy (non-hydrogen) atoms. The van der Waals surface area contributed by atoms with Crippen LogP contribution in [-0.2, 0) is 0 Å². The van der Waals surface area contributed by atoms with Crippen LogP contribution in [0.4, 0.5) is 13.2 Å². The van der Waals surface area contributed by atoms with Crippen molar-refractivity contribution in [2.24, 2.45) is 5.73 Å². The topological polar surface area (TPSA) is 44.5 Å². The third kappa shape index (κ3) is 4.05. The maximum absolute atomic E-state index is 12.1. The van der Waals surface area contributed by atoms with Gasteiger partial charge in [-0.3, -0.25) is 0 Å². The van der Waals surface area contributed by atoms with Gasteiger partial charge >= 0.3 is 6.36 Å². The van der Waals surface area contributed by atoms with Crippen LogP contribution in [0.3, 0.4) is 0 Å². The molecule has 0 aliphatic rings. The van der Waals surface area contributed by atoms with Crippen LogP contribution in [0.25, 0.3) is 0 Å². The Labute approximate surface area is 130 Å². The normalized spacial score (nSPS) is 12.8. The van der Waals surface area contributed by atoms with Gasteiger partial charge in [0.05, 0.1) is 13.2 Å². The standard InChI is InChI=1S/C15H13ClF3NO2/c1-21-13-7-4-10(16)8-12(13)14(20)9-2-5-11(6-3-9)22-15(17,18)19/h2-8,14H,20H2,1H3/t14-/m1/s1. The van der Waals surface area contributed by atoms with Crippen LogP contribution in [0.15, 0.2) is 42.5 Å². The van der Waals surface area contributed by atoms with Gasteiger partial charge in [0.2, 0.25) is 0 Å². The highest BCUT2D eigenvalue weighted by Crippen LogP contribution is 2.32. The Morgan fingerprint density at radius 2 is 1.73 bits per heavy atom. The molecule has 7 heteroatoms. The molecule has 0 spiro atoms. The SMILES string of the molecule is COc1ccc(Cl)cc1[C@H](N)c1ccc(OC(F)(F)F)cc1. The van der Waals surface area contributed by atoms with Crippen LogP contribution in [0.2, 0.25) is 5.02 Å². The second-order valence-electron chi connectivity index (χ2n) is 4.48. The Kier molecular flexibility index (Phi) is 4.83.